The molecule has 0 saturated heterocycles. The third-order valence-corrected chi connectivity index (χ3v) is 3.94. The quantitative estimate of drug-likeness (QED) is 0.561. The lowest BCUT2D eigenvalue weighted by atomic mass is 10.1. The molecule has 0 radical (unpaired) electrons. The Morgan fingerprint density at radius 2 is 2.08 bits per heavy atom. The minimum absolute atomic E-state index is 0.115. The number of hydrogen-bond donors (Lipinski definition) is 1. The number of carbonyl (C=O) groups excluding carboxylic acids is 1. The molecule has 3 aromatic rings. The number of carbonyl (C=O) groups is 1. The second-order valence-electron chi connectivity index (χ2n) is 5.65. The lowest BCUT2D eigenvalue weighted by Gasteiger charge is -2.15. The fraction of sp³-hybridized carbons (Fsp3) is 0.111. The maximum Gasteiger partial charge on any atom is 0.294 e. The van der Waals surface area contributed by atoms with Crippen molar-refractivity contribution in [2.75, 3.05) is 0 Å². The molecule has 2 aromatic carbocycles. The largest absolute Gasteiger partial charge is 0.345 e. The van der Waals surface area contributed by atoms with Crippen molar-refractivity contribution in [1.82, 2.24) is 14.9 Å². The van der Waals surface area contributed by atoms with Crippen molar-refractivity contribution in [3.8, 4) is 5.69 Å². The number of nitro groups is 1. The molecule has 0 bridgehead atoms. The van der Waals surface area contributed by atoms with Crippen LogP contribution in [-0.4, -0.2) is 20.4 Å². The summed E-state index contributed by atoms with van der Waals surface area (Å²) in [5.74, 6) is -0.956. The van der Waals surface area contributed by atoms with Gasteiger partial charge in [-0.05, 0) is 25.1 Å². The van der Waals surface area contributed by atoms with Crippen molar-refractivity contribution in [3.05, 3.63) is 88.2 Å². The smallest absolute Gasteiger partial charge is 0.294 e. The first kappa shape index (κ1) is 17.3. The van der Waals surface area contributed by atoms with Gasteiger partial charge in [-0.3, -0.25) is 14.9 Å². The average molecular weight is 354 g/mol. The predicted octanol–water partition coefficient (Wildman–Crippen LogP) is 3.41. The van der Waals surface area contributed by atoms with Gasteiger partial charge in [0, 0.05) is 29.6 Å². The number of hydrogen-bond acceptors (Lipinski definition) is 4. The number of rotatable bonds is 5. The Morgan fingerprint density at radius 1 is 1.31 bits per heavy atom. The number of nitro benzene ring substituents is 1. The number of nitrogens with zero attached hydrogens (tertiary/aromatic N) is 3. The van der Waals surface area contributed by atoms with E-state index in [0.29, 0.717) is 11.3 Å². The summed E-state index contributed by atoms with van der Waals surface area (Å²) in [7, 11) is 0. The van der Waals surface area contributed by atoms with Crippen molar-refractivity contribution in [3.63, 3.8) is 0 Å². The van der Waals surface area contributed by atoms with Gasteiger partial charge in [0.1, 0.15) is 11.5 Å². The molecule has 7 nitrogen and oxygen atoms in total. The molecule has 132 valence electrons. The zero-order valence-electron chi connectivity index (χ0n) is 13.8. The molecule has 0 unspecified atom stereocenters. The molecule has 3 rings (SSSR count). The number of benzene rings is 2. The SMILES string of the molecule is C[C@@H](NC(=O)c1ccc(-n2ccnc2)c([N+](=O)[O-])c1)c1ccccc1F. The highest BCUT2D eigenvalue weighted by Gasteiger charge is 2.20. The van der Waals surface area contributed by atoms with Gasteiger partial charge >= 0.3 is 0 Å². The summed E-state index contributed by atoms with van der Waals surface area (Å²) in [4.78, 5) is 27.1. The van der Waals surface area contributed by atoms with Gasteiger partial charge < -0.3 is 9.88 Å². The van der Waals surface area contributed by atoms with E-state index in [0.717, 1.165) is 0 Å². The first-order chi connectivity index (χ1) is 12.5. The zero-order chi connectivity index (χ0) is 18.7. The summed E-state index contributed by atoms with van der Waals surface area (Å²) in [6, 6.07) is 9.67. The van der Waals surface area contributed by atoms with E-state index in [2.05, 4.69) is 10.3 Å². The highest BCUT2D eigenvalue weighted by atomic mass is 19.1. The van der Waals surface area contributed by atoms with Gasteiger partial charge in [0.25, 0.3) is 11.6 Å². The van der Waals surface area contributed by atoms with Crippen LogP contribution < -0.4 is 5.32 Å². The Labute approximate surface area is 148 Å². The Balaban J connectivity index is 1.87. The summed E-state index contributed by atoms with van der Waals surface area (Å²) < 4.78 is 15.3. The highest BCUT2D eigenvalue weighted by Crippen LogP contribution is 2.25. The molecule has 0 saturated carbocycles. The summed E-state index contributed by atoms with van der Waals surface area (Å²) in [5, 5.41) is 14.0. The van der Waals surface area contributed by atoms with Crippen molar-refractivity contribution < 1.29 is 14.1 Å². The lowest BCUT2D eigenvalue weighted by molar-refractivity contribution is -0.384. The fourth-order valence-corrected chi connectivity index (χ4v) is 2.61. The summed E-state index contributed by atoms with van der Waals surface area (Å²) in [6.45, 7) is 1.64. The molecule has 1 amide bonds. The third-order valence-electron chi connectivity index (χ3n) is 3.94. The topological polar surface area (TPSA) is 90.1 Å². The summed E-state index contributed by atoms with van der Waals surface area (Å²) >= 11 is 0. The van der Waals surface area contributed by atoms with Crippen molar-refractivity contribution in [2.45, 2.75) is 13.0 Å². The van der Waals surface area contributed by atoms with Gasteiger partial charge in [-0.2, -0.15) is 0 Å². The molecular formula is C18H15FN4O3. The predicted molar refractivity (Wildman–Crippen MR) is 92.5 cm³/mol. The summed E-state index contributed by atoms with van der Waals surface area (Å²) in [5.41, 5.74) is 0.523. The van der Waals surface area contributed by atoms with Gasteiger partial charge in [-0.15, -0.1) is 0 Å². The van der Waals surface area contributed by atoms with E-state index in [4.69, 9.17) is 0 Å². The normalized spacial score (nSPS) is 11.8. The van der Waals surface area contributed by atoms with E-state index in [-0.39, 0.29) is 11.3 Å². The van der Waals surface area contributed by atoms with Crippen LogP contribution in [-0.2, 0) is 0 Å². The van der Waals surface area contributed by atoms with Crippen molar-refractivity contribution in [1.29, 1.82) is 0 Å². The van der Waals surface area contributed by atoms with E-state index >= 15 is 0 Å². The Bertz CT molecular complexity index is 957. The van der Waals surface area contributed by atoms with Crippen LogP contribution >= 0.6 is 0 Å². The second kappa shape index (κ2) is 7.14. The molecule has 0 aliphatic carbocycles. The monoisotopic (exact) mass is 354 g/mol. The Morgan fingerprint density at radius 3 is 2.73 bits per heavy atom. The molecule has 0 spiro atoms. The maximum atomic E-state index is 13.8. The molecule has 1 heterocycles. The third kappa shape index (κ3) is 3.44. The standard InChI is InChI=1S/C18H15FN4O3/c1-12(14-4-2-3-5-15(14)19)21-18(24)13-6-7-16(17(10-13)23(25)26)22-9-8-20-11-22/h2-12H,1H3,(H,21,24)/t12-/m1/s1. The first-order valence-corrected chi connectivity index (χ1v) is 7.79. The average Bonchev–Trinajstić information content (AvgIpc) is 3.15. The Kier molecular flexibility index (Phi) is 4.74. The van der Waals surface area contributed by atoms with Crippen LogP contribution in [0.15, 0.2) is 61.2 Å². The first-order valence-electron chi connectivity index (χ1n) is 7.79. The molecule has 1 atom stereocenters. The molecule has 1 aromatic heterocycles. The van der Waals surface area contributed by atoms with E-state index < -0.39 is 22.7 Å². The molecule has 26 heavy (non-hydrogen) atoms. The Hall–Kier alpha value is -3.55. The van der Waals surface area contributed by atoms with Crippen LogP contribution in [0.25, 0.3) is 5.69 Å². The molecule has 1 N–H and O–H groups in total. The lowest BCUT2D eigenvalue weighted by Crippen LogP contribution is -2.27. The fourth-order valence-electron chi connectivity index (χ4n) is 2.61. The minimum atomic E-state index is -0.587. The van der Waals surface area contributed by atoms with Gasteiger partial charge in [0.05, 0.1) is 17.3 Å². The van der Waals surface area contributed by atoms with E-state index in [1.165, 1.54) is 41.4 Å². The van der Waals surface area contributed by atoms with Crippen LogP contribution in [0.3, 0.4) is 0 Å². The van der Waals surface area contributed by atoms with Crippen LogP contribution in [0.2, 0.25) is 0 Å². The van der Waals surface area contributed by atoms with Gasteiger partial charge in [-0.1, -0.05) is 18.2 Å². The number of halogens is 1. The van der Waals surface area contributed by atoms with Gasteiger partial charge in [0.15, 0.2) is 0 Å². The molecule has 0 aliphatic rings. The van der Waals surface area contributed by atoms with Gasteiger partial charge in [-0.25, -0.2) is 9.37 Å². The molecule has 8 heteroatoms. The maximum absolute atomic E-state index is 13.8. The van der Waals surface area contributed by atoms with Crippen LogP contribution in [0.5, 0.6) is 0 Å². The van der Waals surface area contributed by atoms with Crippen LogP contribution in [0.4, 0.5) is 10.1 Å². The van der Waals surface area contributed by atoms with Gasteiger partial charge in [0.2, 0.25) is 0 Å². The number of nitrogens with one attached hydrogen (secondary N) is 1. The summed E-state index contributed by atoms with van der Waals surface area (Å²) in [6.07, 6.45) is 4.51. The van der Waals surface area contributed by atoms with E-state index in [9.17, 15) is 19.3 Å². The second-order valence-corrected chi connectivity index (χ2v) is 5.65. The van der Waals surface area contributed by atoms with Crippen molar-refractivity contribution >= 4 is 11.6 Å². The van der Waals surface area contributed by atoms with Crippen LogP contribution in [0, 0.1) is 15.9 Å². The number of imidazole rings is 1. The van der Waals surface area contributed by atoms with Crippen LogP contribution in [0.1, 0.15) is 28.9 Å². The van der Waals surface area contributed by atoms with Crippen molar-refractivity contribution in [2.24, 2.45) is 0 Å². The molecule has 0 fully saturated rings. The zero-order valence-corrected chi connectivity index (χ0v) is 13.8. The number of amides is 1. The number of aromatic nitrogens is 2. The molecule has 0 aliphatic heterocycles. The highest BCUT2D eigenvalue weighted by molar-refractivity contribution is 5.95. The van der Waals surface area contributed by atoms with E-state index in [1.54, 1.807) is 31.3 Å². The van der Waals surface area contributed by atoms with E-state index in [1.807, 2.05) is 0 Å². The molecular weight excluding hydrogens is 339 g/mol. The minimum Gasteiger partial charge on any atom is -0.345 e.